The van der Waals surface area contributed by atoms with Gasteiger partial charge in [0.15, 0.2) is 4.96 Å². The fraction of sp³-hybridized carbons (Fsp3) is 0.286. The summed E-state index contributed by atoms with van der Waals surface area (Å²) < 4.78 is 6.95. The van der Waals surface area contributed by atoms with E-state index < -0.39 is 0 Å². The molecule has 0 saturated carbocycles. The average Bonchev–Trinajstić information content (AvgIpc) is 2.99. The Hall–Kier alpha value is -1.92. The molecule has 0 bridgehead atoms. The molecule has 3 rings (SSSR count). The van der Waals surface area contributed by atoms with Crippen molar-refractivity contribution in [3.63, 3.8) is 0 Å². The van der Waals surface area contributed by atoms with Gasteiger partial charge in [0.2, 0.25) is 0 Å². The first-order valence-electron chi connectivity index (χ1n) is 6.31. The number of hydrogen-bond donors (Lipinski definition) is 0. The monoisotopic (exact) mass is 289 g/mol. The van der Waals surface area contributed by atoms with E-state index >= 15 is 0 Å². The number of nitrogens with zero attached hydrogens (tertiary/aromatic N) is 3. The molecular weight excluding hydrogens is 274 g/mol. The smallest absolute Gasteiger partial charge is 0.259 e. The Morgan fingerprint density at radius 2 is 2.30 bits per heavy atom. The number of aryl methyl sites for hydroxylation is 1. The summed E-state index contributed by atoms with van der Waals surface area (Å²) in [7, 11) is 1.98. The quantitative estimate of drug-likeness (QED) is 0.739. The Bertz CT molecular complexity index is 773. The summed E-state index contributed by atoms with van der Waals surface area (Å²) in [5.41, 5.74) is 1.69. The highest BCUT2D eigenvalue weighted by atomic mass is 32.1. The normalized spacial score (nSPS) is 11.6. The van der Waals surface area contributed by atoms with Crippen molar-refractivity contribution in [1.29, 1.82) is 0 Å². The molecule has 0 aromatic carbocycles. The molecule has 0 aliphatic carbocycles. The van der Waals surface area contributed by atoms with Gasteiger partial charge in [0, 0.05) is 23.7 Å². The zero-order chi connectivity index (χ0) is 14.1. The molecule has 0 aliphatic heterocycles. The van der Waals surface area contributed by atoms with Crippen LogP contribution in [-0.4, -0.2) is 21.3 Å². The number of thiazole rings is 1. The molecule has 0 radical (unpaired) electrons. The Kier molecular flexibility index (Phi) is 3.42. The van der Waals surface area contributed by atoms with Gasteiger partial charge in [-0.2, -0.15) is 0 Å². The van der Waals surface area contributed by atoms with Crippen LogP contribution in [0.3, 0.4) is 0 Å². The van der Waals surface area contributed by atoms with E-state index in [1.165, 1.54) is 11.3 Å². The van der Waals surface area contributed by atoms with Crippen LogP contribution < -0.4 is 5.56 Å². The molecule has 0 aliphatic rings. The number of furan rings is 1. The number of rotatable bonds is 4. The molecule has 3 aromatic heterocycles. The maximum atomic E-state index is 12.1. The largest absolute Gasteiger partial charge is 0.468 e. The van der Waals surface area contributed by atoms with E-state index in [1.807, 2.05) is 31.5 Å². The highest BCUT2D eigenvalue weighted by Gasteiger charge is 2.09. The molecule has 0 saturated heterocycles. The molecule has 0 amide bonds. The Labute approximate surface area is 120 Å². The van der Waals surface area contributed by atoms with Gasteiger partial charge < -0.3 is 4.42 Å². The molecule has 0 spiro atoms. The van der Waals surface area contributed by atoms with Crippen LogP contribution in [0.25, 0.3) is 4.96 Å². The van der Waals surface area contributed by atoms with E-state index in [0.29, 0.717) is 13.1 Å². The lowest BCUT2D eigenvalue weighted by molar-refractivity contribution is 0.285. The van der Waals surface area contributed by atoms with Crippen molar-refractivity contribution in [3.05, 3.63) is 57.3 Å². The summed E-state index contributed by atoms with van der Waals surface area (Å²) in [6, 6.07) is 5.41. The summed E-state index contributed by atoms with van der Waals surface area (Å²) in [5.74, 6) is 0.900. The van der Waals surface area contributed by atoms with Crippen LogP contribution in [0.5, 0.6) is 0 Å². The topological polar surface area (TPSA) is 50.8 Å². The fourth-order valence-corrected chi connectivity index (χ4v) is 3.07. The van der Waals surface area contributed by atoms with Gasteiger partial charge in [-0.1, -0.05) is 0 Å². The number of aromatic nitrogens is 2. The molecule has 5 nitrogen and oxygen atoms in total. The standard InChI is InChI=1S/C14H15N3O2S/c1-10-9-20-14-15-11(6-13(18)17(10)14)7-16(2)8-12-4-3-5-19-12/h3-6,9H,7-8H2,1-2H3. The second-order valence-corrected chi connectivity index (χ2v) is 5.67. The van der Waals surface area contributed by atoms with E-state index in [2.05, 4.69) is 9.88 Å². The summed E-state index contributed by atoms with van der Waals surface area (Å²) >= 11 is 1.49. The molecule has 6 heteroatoms. The third-order valence-electron chi connectivity index (χ3n) is 3.07. The van der Waals surface area contributed by atoms with Crippen LogP contribution >= 0.6 is 11.3 Å². The summed E-state index contributed by atoms with van der Waals surface area (Å²) in [6.45, 7) is 3.22. The third-order valence-corrected chi connectivity index (χ3v) is 4.01. The molecule has 3 aromatic rings. The fourth-order valence-electron chi connectivity index (χ4n) is 2.18. The highest BCUT2D eigenvalue weighted by molar-refractivity contribution is 7.15. The SMILES string of the molecule is Cc1csc2nc(CN(C)Cc3ccco3)cc(=O)n12. The molecule has 104 valence electrons. The van der Waals surface area contributed by atoms with E-state index in [4.69, 9.17) is 4.42 Å². The van der Waals surface area contributed by atoms with Crippen molar-refractivity contribution in [2.75, 3.05) is 7.05 Å². The van der Waals surface area contributed by atoms with E-state index in [-0.39, 0.29) is 5.56 Å². The van der Waals surface area contributed by atoms with Gasteiger partial charge in [-0.3, -0.25) is 14.1 Å². The molecule has 0 fully saturated rings. The Morgan fingerprint density at radius 3 is 3.05 bits per heavy atom. The van der Waals surface area contributed by atoms with Crippen molar-refractivity contribution < 1.29 is 4.42 Å². The van der Waals surface area contributed by atoms with Gasteiger partial charge in [0.25, 0.3) is 5.56 Å². The first-order valence-corrected chi connectivity index (χ1v) is 7.19. The minimum atomic E-state index is -0.0184. The van der Waals surface area contributed by atoms with Gasteiger partial charge in [0.1, 0.15) is 5.76 Å². The van der Waals surface area contributed by atoms with Crippen LogP contribution in [0.1, 0.15) is 17.1 Å². The van der Waals surface area contributed by atoms with Gasteiger partial charge in [-0.15, -0.1) is 11.3 Å². The maximum Gasteiger partial charge on any atom is 0.259 e. The van der Waals surface area contributed by atoms with Crippen molar-refractivity contribution in [3.8, 4) is 0 Å². The van der Waals surface area contributed by atoms with Crippen LogP contribution in [0.15, 0.2) is 39.1 Å². The zero-order valence-corrected chi connectivity index (χ0v) is 12.2. The predicted molar refractivity (Wildman–Crippen MR) is 78.0 cm³/mol. The minimum absolute atomic E-state index is 0.0184. The van der Waals surface area contributed by atoms with Crippen LogP contribution in [0.2, 0.25) is 0 Å². The van der Waals surface area contributed by atoms with Crippen molar-refractivity contribution in [2.45, 2.75) is 20.0 Å². The van der Waals surface area contributed by atoms with Crippen molar-refractivity contribution in [2.24, 2.45) is 0 Å². The van der Waals surface area contributed by atoms with Crippen LogP contribution in [-0.2, 0) is 13.1 Å². The van der Waals surface area contributed by atoms with Crippen LogP contribution in [0.4, 0.5) is 0 Å². The second kappa shape index (κ2) is 5.22. The van der Waals surface area contributed by atoms with Gasteiger partial charge in [-0.05, 0) is 26.1 Å². The molecule has 0 N–H and O–H groups in total. The maximum absolute atomic E-state index is 12.1. The summed E-state index contributed by atoms with van der Waals surface area (Å²) in [6.07, 6.45) is 1.66. The molecule has 0 unspecified atom stereocenters. The Morgan fingerprint density at radius 1 is 1.45 bits per heavy atom. The number of hydrogen-bond acceptors (Lipinski definition) is 5. The van der Waals surface area contributed by atoms with Crippen LogP contribution in [0, 0.1) is 6.92 Å². The highest BCUT2D eigenvalue weighted by Crippen LogP contribution is 2.13. The molecular formula is C14H15N3O2S. The molecule has 3 heterocycles. The lowest BCUT2D eigenvalue weighted by Crippen LogP contribution is -2.21. The molecule has 20 heavy (non-hydrogen) atoms. The van der Waals surface area contributed by atoms with Gasteiger partial charge >= 0.3 is 0 Å². The lowest BCUT2D eigenvalue weighted by atomic mass is 10.3. The second-order valence-electron chi connectivity index (χ2n) is 4.83. The first kappa shape index (κ1) is 13.1. The number of fused-ring (bicyclic) bond motifs is 1. The Balaban J connectivity index is 1.82. The zero-order valence-electron chi connectivity index (χ0n) is 11.4. The summed E-state index contributed by atoms with van der Waals surface area (Å²) in [4.78, 5) is 19.4. The predicted octanol–water partition coefficient (Wildman–Crippen LogP) is 2.29. The van der Waals surface area contributed by atoms with Gasteiger partial charge in [-0.25, -0.2) is 4.98 Å². The van der Waals surface area contributed by atoms with E-state index in [1.54, 1.807) is 16.7 Å². The van der Waals surface area contributed by atoms with E-state index in [9.17, 15) is 4.79 Å². The van der Waals surface area contributed by atoms with Gasteiger partial charge in [0.05, 0.1) is 18.5 Å². The van der Waals surface area contributed by atoms with Crippen molar-refractivity contribution >= 4 is 16.3 Å². The minimum Gasteiger partial charge on any atom is -0.468 e. The van der Waals surface area contributed by atoms with E-state index in [0.717, 1.165) is 22.1 Å². The third kappa shape index (κ3) is 2.52. The average molecular weight is 289 g/mol. The van der Waals surface area contributed by atoms with Crippen molar-refractivity contribution in [1.82, 2.24) is 14.3 Å². The summed E-state index contributed by atoms with van der Waals surface area (Å²) in [5, 5.41) is 1.94. The molecule has 0 atom stereocenters. The first-order chi connectivity index (χ1) is 9.63. The lowest BCUT2D eigenvalue weighted by Gasteiger charge is -2.14.